The largest absolute Gasteiger partial charge is 0.497 e. The predicted octanol–water partition coefficient (Wildman–Crippen LogP) is 5.02. The predicted molar refractivity (Wildman–Crippen MR) is 135 cm³/mol. The summed E-state index contributed by atoms with van der Waals surface area (Å²) in [6.07, 6.45) is 0. The van der Waals surface area contributed by atoms with Gasteiger partial charge in [-0.3, -0.25) is 9.59 Å². The van der Waals surface area contributed by atoms with Crippen LogP contribution in [0.3, 0.4) is 0 Å². The van der Waals surface area contributed by atoms with Crippen LogP contribution in [0.1, 0.15) is 43.2 Å². The molecule has 0 spiro atoms. The topological polar surface area (TPSA) is 69.6 Å². The molecule has 0 bridgehead atoms. The van der Waals surface area contributed by atoms with Gasteiger partial charge in [0.2, 0.25) is 0 Å². The minimum Gasteiger partial charge on any atom is -0.497 e. The number of rotatable bonds is 9. The number of nitrogens with zero attached hydrogens (tertiary/aromatic N) is 1. The number of carbonyl (C=O) groups is 2. The normalized spacial score (nSPS) is 10.6. The molecule has 0 atom stereocenters. The molecule has 0 radical (unpaired) electrons. The molecule has 1 amide bonds. The molecular weight excluding hydrogens is 440 g/mol. The van der Waals surface area contributed by atoms with Crippen molar-refractivity contribution < 1.29 is 19.1 Å². The molecule has 1 heterocycles. The molecule has 1 aromatic heterocycles. The van der Waals surface area contributed by atoms with Crippen molar-refractivity contribution in [2.75, 3.05) is 14.2 Å². The van der Waals surface area contributed by atoms with Crippen LogP contribution in [0.2, 0.25) is 0 Å². The molecule has 4 rings (SSSR count). The van der Waals surface area contributed by atoms with Gasteiger partial charge in [-0.05, 0) is 36.8 Å². The van der Waals surface area contributed by atoms with E-state index in [4.69, 9.17) is 9.47 Å². The first-order chi connectivity index (χ1) is 17.0. The molecule has 0 fully saturated rings. The van der Waals surface area contributed by atoms with Crippen molar-refractivity contribution in [1.82, 2.24) is 9.88 Å². The number of carbonyl (C=O) groups excluding carboxylic acids is 2. The van der Waals surface area contributed by atoms with Crippen LogP contribution in [-0.2, 0) is 13.1 Å². The number of benzene rings is 3. The second-order valence-corrected chi connectivity index (χ2v) is 8.16. The number of aromatic nitrogens is 1. The van der Waals surface area contributed by atoms with E-state index in [0.717, 1.165) is 16.8 Å². The SMILES string of the molecule is COc1ccc(OC)c(CNC(=O)c2cc(C(=O)c3ccccc3)c(C)n2Cc2ccccc2)c1. The molecule has 0 aliphatic rings. The molecule has 6 heteroatoms. The summed E-state index contributed by atoms with van der Waals surface area (Å²) < 4.78 is 12.6. The Morgan fingerprint density at radius 2 is 1.54 bits per heavy atom. The number of hydrogen-bond donors (Lipinski definition) is 1. The molecule has 0 aliphatic carbocycles. The standard InChI is InChI=1S/C29H28N2O4/c1-20-25(28(32)22-12-8-5-9-13-22)17-26(31(20)19-21-10-6-4-7-11-21)29(33)30-18-23-16-24(34-2)14-15-27(23)35-3/h4-17H,18-19H2,1-3H3,(H,30,33). The lowest BCUT2D eigenvalue weighted by atomic mass is 10.0. The van der Waals surface area contributed by atoms with Crippen molar-refractivity contribution in [1.29, 1.82) is 0 Å². The fraction of sp³-hybridized carbons (Fsp3) is 0.172. The van der Waals surface area contributed by atoms with Gasteiger partial charge in [-0.2, -0.15) is 0 Å². The van der Waals surface area contributed by atoms with E-state index in [1.165, 1.54) is 0 Å². The number of ketones is 1. The zero-order valence-corrected chi connectivity index (χ0v) is 20.1. The molecular formula is C29H28N2O4. The summed E-state index contributed by atoms with van der Waals surface area (Å²) in [4.78, 5) is 26.7. The maximum atomic E-state index is 13.4. The van der Waals surface area contributed by atoms with Gasteiger partial charge in [0.05, 0.1) is 14.2 Å². The Bertz CT molecular complexity index is 1330. The van der Waals surface area contributed by atoms with Gasteiger partial charge in [0.1, 0.15) is 17.2 Å². The van der Waals surface area contributed by atoms with Crippen molar-refractivity contribution in [2.24, 2.45) is 0 Å². The summed E-state index contributed by atoms with van der Waals surface area (Å²) >= 11 is 0. The lowest BCUT2D eigenvalue weighted by Gasteiger charge is -2.14. The van der Waals surface area contributed by atoms with E-state index in [1.54, 1.807) is 44.6 Å². The van der Waals surface area contributed by atoms with Gasteiger partial charge in [0.25, 0.3) is 5.91 Å². The third kappa shape index (κ3) is 5.27. The number of amides is 1. The lowest BCUT2D eigenvalue weighted by molar-refractivity contribution is 0.0941. The van der Waals surface area contributed by atoms with E-state index in [0.29, 0.717) is 34.9 Å². The second kappa shape index (κ2) is 10.7. The number of hydrogen-bond acceptors (Lipinski definition) is 4. The summed E-state index contributed by atoms with van der Waals surface area (Å²) in [7, 11) is 3.18. The third-order valence-electron chi connectivity index (χ3n) is 5.99. The highest BCUT2D eigenvalue weighted by Crippen LogP contribution is 2.25. The fourth-order valence-electron chi connectivity index (χ4n) is 4.06. The Hall–Kier alpha value is -4.32. The lowest BCUT2D eigenvalue weighted by Crippen LogP contribution is -2.26. The van der Waals surface area contributed by atoms with Gasteiger partial charge in [0, 0.05) is 35.5 Å². The molecule has 0 saturated carbocycles. The smallest absolute Gasteiger partial charge is 0.268 e. The highest BCUT2D eigenvalue weighted by atomic mass is 16.5. The summed E-state index contributed by atoms with van der Waals surface area (Å²) in [6.45, 7) is 2.59. The summed E-state index contributed by atoms with van der Waals surface area (Å²) in [5.74, 6) is 0.940. The van der Waals surface area contributed by atoms with Crippen LogP contribution < -0.4 is 14.8 Å². The van der Waals surface area contributed by atoms with Crippen LogP contribution in [0.25, 0.3) is 0 Å². The number of methoxy groups -OCH3 is 2. The van der Waals surface area contributed by atoms with Crippen LogP contribution in [-0.4, -0.2) is 30.5 Å². The Morgan fingerprint density at radius 1 is 0.857 bits per heavy atom. The van der Waals surface area contributed by atoms with Gasteiger partial charge >= 0.3 is 0 Å². The zero-order chi connectivity index (χ0) is 24.8. The molecule has 0 saturated heterocycles. The minimum atomic E-state index is -0.277. The molecule has 1 N–H and O–H groups in total. The average Bonchev–Trinajstić information content (AvgIpc) is 3.23. The Labute approximate surface area is 205 Å². The Balaban J connectivity index is 1.67. The molecule has 3 aromatic carbocycles. The van der Waals surface area contributed by atoms with Gasteiger partial charge in [-0.1, -0.05) is 60.7 Å². The van der Waals surface area contributed by atoms with E-state index in [2.05, 4.69) is 5.32 Å². The van der Waals surface area contributed by atoms with Gasteiger partial charge < -0.3 is 19.4 Å². The van der Waals surface area contributed by atoms with Crippen LogP contribution >= 0.6 is 0 Å². The first-order valence-electron chi connectivity index (χ1n) is 11.3. The van der Waals surface area contributed by atoms with Gasteiger partial charge in [-0.15, -0.1) is 0 Å². The van der Waals surface area contributed by atoms with E-state index in [1.807, 2.05) is 66.1 Å². The van der Waals surface area contributed by atoms with Crippen LogP contribution in [0, 0.1) is 6.92 Å². The van der Waals surface area contributed by atoms with E-state index < -0.39 is 0 Å². The van der Waals surface area contributed by atoms with Crippen molar-refractivity contribution in [3.8, 4) is 11.5 Å². The van der Waals surface area contributed by atoms with Crippen molar-refractivity contribution in [2.45, 2.75) is 20.0 Å². The van der Waals surface area contributed by atoms with Gasteiger partial charge in [0.15, 0.2) is 5.78 Å². The Kier molecular flexibility index (Phi) is 7.31. The first kappa shape index (κ1) is 23.8. The molecule has 35 heavy (non-hydrogen) atoms. The minimum absolute atomic E-state index is 0.113. The van der Waals surface area contributed by atoms with E-state index in [9.17, 15) is 9.59 Å². The summed E-state index contributed by atoms with van der Waals surface area (Å²) in [6, 6.07) is 26.1. The summed E-state index contributed by atoms with van der Waals surface area (Å²) in [5.41, 5.74) is 4.09. The average molecular weight is 469 g/mol. The third-order valence-corrected chi connectivity index (χ3v) is 5.99. The molecule has 6 nitrogen and oxygen atoms in total. The van der Waals surface area contributed by atoms with Crippen molar-refractivity contribution in [3.05, 3.63) is 119 Å². The van der Waals surface area contributed by atoms with E-state index >= 15 is 0 Å². The number of nitrogens with one attached hydrogen (secondary N) is 1. The monoisotopic (exact) mass is 468 g/mol. The molecule has 0 unspecified atom stereocenters. The highest BCUT2D eigenvalue weighted by Gasteiger charge is 2.23. The van der Waals surface area contributed by atoms with Crippen molar-refractivity contribution in [3.63, 3.8) is 0 Å². The fourth-order valence-corrected chi connectivity index (χ4v) is 4.06. The zero-order valence-electron chi connectivity index (χ0n) is 20.1. The maximum absolute atomic E-state index is 13.4. The molecule has 4 aromatic rings. The molecule has 178 valence electrons. The van der Waals surface area contributed by atoms with Crippen LogP contribution in [0.5, 0.6) is 11.5 Å². The highest BCUT2D eigenvalue weighted by molar-refractivity contribution is 6.11. The van der Waals surface area contributed by atoms with Crippen LogP contribution in [0.15, 0.2) is 84.9 Å². The maximum Gasteiger partial charge on any atom is 0.268 e. The molecule has 0 aliphatic heterocycles. The quantitative estimate of drug-likeness (QED) is 0.350. The van der Waals surface area contributed by atoms with Gasteiger partial charge in [-0.25, -0.2) is 0 Å². The van der Waals surface area contributed by atoms with Crippen molar-refractivity contribution >= 4 is 11.7 Å². The van der Waals surface area contributed by atoms with E-state index in [-0.39, 0.29) is 18.2 Å². The first-order valence-corrected chi connectivity index (χ1v) is 11.3. The summed E-state index contributed by atoms with van der Waals surface area (Å²) in [5, 5.41) is 2.98. The number of ether oxygens (including phenoxy) is 2. The Morgan fingerprint density at radius 3 is 2.20 bits per heavy atom. The second-order valence-electron chi connectivity index (χ2n) is 8.16. The van der Waals surface area contributed by atoms with Crippen LogP contribution in [0.4, 0.5) is 0 Å².